The van der Waals surface area contributed by atoms with Gasteiger partial charge in [0.1, 0.15) is 0 Å². The van der Waals surface area contributed by atoms with Crippen LogP contribution in [0.5, 0.6) is 0 Å². The second-order valence-corrected chi connectivity index (χ2v) is 6.14. The zero-order valence-corrected chi connectivity index (χ0v) is 13.0. The number of hydrogen-bond donors (Lipinski definition) is 1. The summed E-state index contributed by atoms with van der Waals surface area (Å²) < 4.78 is 0. The molecule has 1 aliphatic rings. The van der Waals surface area contributed by atoms with E-state index in [9.17, 15) is 0 Å². The van der Waals surface area contributed by atoms with E-state index in [4.69, 9.17) is 0 Å². The Hall–Kier alpha value is -0.0800. The van der Waals surface area contributed by atoms with Crippen LogP contribution in [0, 0.1) is 5.92 Å². The van der Waals surface area contributed by atoms with Crippen LogP contribution in [0.15, 0.2) is 0 Å². The molecular weight excluding hydrogens is 220 g/mol. The topological polar surface area (TPSA) is 15.3 Å². The second kappa shape index (κ2) is 8.92. The highest BCUT2D eigenvalue weighted by Gasteiger charge is 2.25. The molecule has 0 spiro atoms. The van der Waals surface area contributed by atoms with Crippen LogP contribution in [0.25, 0.3) is 0 Å². The van der Waals surface area contributed by atoms with Crippen LogP contribution in [0.3, 0.4) is 0 Å². The lowest BCUT2D eigenvalue weighted by Gasteiger charge is -2.36. The first kappa shape index (κ1) is 16.0. The van der Waals surface area contributed by atoms with Crippen molar-refractivity contribution < 1.29 is 0 Å². The van der Waals surface area contributed by atoms with E-state index in [2.05, 4.69) is 37.9 Å². The first-order valence-electron chi connectivity index (χ1n) is 8.16. The zero-order chi connectivity index (χ0) is 13.4. The van der Waals surface area contributed by atoms with Crippen LogP contribution in [0.4, 0.5) is 0 Å². The van der Waals surface area contributed by atoms with Gasteiger partial charge in [-0.25, -0.2) is 0 Å². The van der Waals surface area contributed by atoms with E-state index >= 15 is 0 Å². The molecule has 2 nitrogen and oxygen atoms in total. The van der Waals surface area contributed by atoms with E-state index in [1.165, 1.54) is 58.2 Å². The Labute approximate surface area is 115 Å². The Morgan fingerprint density at radius 3 is 2.28 bits per heavy atom. The van der Waals surface area contributed by atoms with Gasteiger partial charge in [0.15, 0.2) is 0 Å². The molecule has 0 aliphatic heterocycles. The minimum Gasteiger partial charge on any atom is -0.312 e. The fourth-order valence-corrected chi connectivity index (χ4v) is 3.20. The Morgan fingerprint density at radius 1 is 1.11 bits per heavy atom. The van der Waals surface area contributed by atoms with Crippen molar-refractivity contribution in [1.82, 2.24) is 10.2 Å². The van der Waals surface area contributed by atoms with Crippen LogP contribution in [0.2, 0.25) is 0 Å². The third kappa shape index (κ3) is 5.27. The first-order valence-corrected chi connectivity index (χ1v) is 8.16. The van der Waals surface area contributed by atoms with Gasteiger partial charge in [0.05, 0.1) is 0 Å². The lowest BCUT2D eigenvalue weighted by Crippen LogP contribution is -2.48. The third-order valence-electron chi connectivity index (χ3n) is 4.44. The van der Waals surface area contributed by atoms with Crippen molar-refractivity contribution in [2.24, 2.45) is 5.92 Å². The minimum atomic E-state index is 0.671. The molecule has 1 rings (SSSR count). The molecule has 0 bridgehead atoms. The summed E-state index contributed by atoms with van der Waals surface area (Å²) in [5.74, 6) is 0.915. The molecule has 0 radical (unpaired) electrons. The highest BCUT2D eigenvalue weighted by Crippen LogP contribution is 2.27. The van der Waals surface area contributed by atoms with Gasteiger partial charge >= 0.3 is 0 Å². The molecule has 0 aromatic heterocycles. The summed E-state index contributed by atoms with van der Waals surface area (Å²) >= 11 is 0. The van der Waals surface area contributed by atoms with Crippen molar-refractivity contribution in [2.75, 3.05) is 19.6 Å². The fraction of sp³-hybridized carbons (Fsp3) is 1.00. The van der Waals surface area contributed by atoms with Gasteiger partial charge in [-0.15, -0.1) is 0 Å². The second-order valence-electron chi connectivity index (χ2n) is 6.14. The van der Waals surface area contributed by atoms with E-state index in [-0.39, 0.29) is 0 Å². The summed E-state index contributed by atoms with van der Waals surface area (Å²) in [6.45, 7) is 12.8. The van der Waals surface area contributed by atoms with Gasteiger partial charge < -0.3 is 5.32 Å². The molecule has 1 aliphatic carbocycles. The summed E-state index contributed by atoms with van der Waals surface area (Å²) in [7, 11) is 0. The van der Waals surface area contributed by atoms with Crippen molar-refractivity contribution in [3.8, 4) is 0 Å². The number of likely N-dealkylation sites (N-methyl/N-ethyl adjacent to an activating group) is 1. The average molecular weight is 254 g/mol. The van der Waals surface area contributed by atoms with Crippen LogP contribution in [-0.4, -0.2) is 36.6 Å². The maximum Gasteiger partial charge on any atom is 0.0223 e. The van der Waals surface area contributed by atoms with Gasteiger partial charge in [-0.05, 0) is 52.1 Å². The summed E-state index contributed by atoms with van der Waals surface area (Å²) in [5.41, 5.74) is 0. The van der Waals surface area contributed by atoms with Crippen LogP contribution >= 0.6 is 0 Å². The van der Waals surface area contributed by atoms with Crippen molar-refractivity contribution in [1.29, 1.82) is 0 Å². The van der Waals surface area contributed by atoms with E-state index in [0.29, 0.717) is 12.1 Å². The Morgan fingerprint density at radius 2 is 1.78 bits per heavy atom. The molecule has 108 valence electrons. The fourth-order valence-electron chi connectivity index (χ4n) is 3.20. The normalized spacial score (nSPS) is 19.7. The summed E-state index contributed by atoms with van der Waals surface area (Å²) in [6.07, 6.45) is 8.48. The molecule has 0 saturated heterocycles. The molecule has 1 N–H and O–H groups in total. The van der Waals surface area contributed by atoms with Crippen molar-refractivity contribution in [2.45, 2.75) is 78.3 Å². The lowest BCUT2D eigenvalue weighted by atomic mass is 9.83. The maximum absolute atomic E-state index is 3.82. The van der Waals surface area contributed by atoms with Crippen LogP contribution < -0.4 is 5.32 Å². The van der Waals surface area contributed by atoms with E-state index in [0.717, 1.165) is 5.92 Å². The Bertz CT molecular complexity index is 197. The first-order chi connectivity index (χ1) is 8.69. The van der Waals surface area contributed by atoms with Gasteiger partial charge in [-0.2, -0.15) is 0 Å². The molecule has 1 unspecified atom stereocenters. The highest BCUT2D eigenvalue weighted by atomic mass is 15.2. The van der Waals surface area contributed by atoms with E-state index in [1.807, 2.05) is 0 Å². The largest absolute Gasteiger partial charge is 0.312 e. The van der Waals surface area contributed by atoms with Gasteiger partial charge in [0.2, 0.25) is 0 Å². The number of hydrogen-bond acceptors (Lipinski definition) is 2. The summed E-state index contributed by atoms with van der Waals surface area (Å²) in [6, 6.07) is 1.39. The lowest BCUT2D eigenvalue weighted by molar-refractivity contribution is 0.162. The summed E-state index contributed by atoms with van der Waals surface area (Å²) in [4.78, 5) is 2.61. The van der Waals surface area contributed by atoms with E-state index in [1.54, 1.807) is 0 Å². The van der Waals surface area contributed by atoms with Gasteiger partial charge in [-0.1, -0.05) is 33.1 Å². The van der Waals surface area contributed by atoms with Crippen LogP contribution in [-0.2, 0) is 0 Å². The number of rotatable bonds is 8. The quantitative estimate of drug-likeness (QED) is 0.711. The predicted molar refractivity (Wildman–Crippen MR) is 81.0 cm³/mol. The summed E-state index contributed by atoms with van der Waals surface area (Å²) in [5, 5.41) is 3.82. The standard InChI is InChI=1S/C16H34N2/c1-5-12-17-16(13-18(6-2)14(3)4)15-10-8-7-9-11-15/h14-17H,5-13H2,1-4H3. The van der Waals surface area contributed by atoms with Gasteiger partial charge in [0, 0.05) is 18.6 Å². The molecule has 0 aromatic rings. The Balaban J connectivity index is 2.52. The molecule has 1 saturated carbocycles. The monoisotopic (exact) mass is 254 g/mol. The number of nitrogens with zero attached hydrogens (tertiary/aromatic N) is 1. The Kier molecular flexibility index (Phi) is 7.92. The third-order valence-corrected chi connectivity index (χ3v) is 4.44. The van der Waals surface area contributed by atoms with Gasteiger partial charge in [0.25, 0.3) is 0 Å². The maximum atomic E-state index is 3.82. The van der Waals surface area contributed by atoms with Crippen molar-refractivity contribution >= 4 is 0 Å². The molecule has 0 amide bonds. The highest BCUT2D eigenvalue weighted by molar-refractivity contribution is 4.82. The molecule has 1 fully saturated rings. The molecule has 0 heterocycles. The zero-order valence-electron chi connectivity index (χ0n) is 13.0. The smallest absolute Gasteiger partial charge is 0.0223 e. The average Bonchev–Trinajstić information content (AvgIpc) is 2.39. The van der Waals surface area contributed by atoms with Crippen molar-refractivity contribution in [3.05, 3.63) is 0 Å². The molecule has 18 heavy (non-hydrogen) atoms. The van der Waals surface area contributed by atoms with E-state index < -0.39 is 0 Å². The molecular formula is C16H34N2. The predicted octanol–water partition coefficient (Wildman–Crippen LogP) is 3.67. The molecule has 0 aromatic carbocycles. The molecule has 2 heteroatoms. The van der Waals surface area contributed by atoms with Crippen LogP contribution in [0.1, 0.15) is 66.2 Å². The van der Waals surface area contributed by atoms with Gasteiger partial charge in [-0.3, -0.25) is 4.90 Å². The molecule has 1 atom stereocenters. The SMILES string of the molecule is CCCNC(CN(CC)C(C)C)C1CCCCC1. The van der Waals surface area contributed by atoms with Crippen molar-refractivity contribution in [3.63, 3.8) is 0 Å². The number of nitrogens with one attached hydrogen (secondary N) is 1. The minimum absolute atomic E-state index is 0.671.